The highest BCUT2D eigenvalue weighted by Crippen LogP contribution is 2.40. The SMILES string of the molecule is CC1=C(/C=C/C(C)=C\C=C\C(C)=C\C(=O)F)C(C)(C)CCC1. The van der Waals surface area contributed by atoms with Gasteiger partial charge < -0.3 is 0 Å². The lowest BCUT2D eigenvalue weighted by Gasteiger charge is -2.32. The van der Waals surface area contributed by atoms with Crippen LogP contribution in [0.4, 0.5) is 4.39 Å². The molecule has 0 heterocycles. The molecule has 0 spiro atoms. The summed E-state index contributed by atoms with van der Waals surface area (Å²) in [6, 6.07) is -1.41. The van der Waals surface area contributed by atoms with Gasteiger partial charge in [0.2, 0.25) is 0 Å². The maximum absolute atomic E-state index is 12.2. The van der Waals surface area contributed by atoms with Crippen molar-refractivity contribution in [2.24, 2.45) is 5.41 Å². The molecule has 0 atom stereocenters. The van der Waals surface area contributed by atoms with Crippen molar-refractivity contribution in [1.29, 1.82) is 0 Å². The smallest absolute Gasteiger partial charge is 0.256 e. The van der Waals surface area contributed by atoms with Crippen LogP contribution in [0.1, 0.15) is 53.9 Å². The first-order valence-corrected chi connectivity index (χ1v) is 7.83. The average molecular weight is 302 g/mol. The highest BCUT2D eigenvalue weighted by molar-refractivity contribution is 5.82. The quantitative estimate of drug-likeness (QED) is 0.345. The van der Waals surface area contributed by atoms with Gasteiger partial charge in [-0.05, 0) is 56.6 Å². The fraction of sp³-hybridized carbons (Fsp3) is 0.450. The van der Waals surface area contributed by atoms with Gasteiger partial charge in [0.15, 0.2) is 0 Å². The van der Waals surface area contributed by atoms with Gasteiger partial charge in [0.25, 0.3) is 0 Å². The Kier molecular flexibility index (Phi) is 6.73. The molecule has 1 nitrogen and oxygen atoms in total. The lowest BCUT2D eigenvalue weighted by Crippen LogP contribution is -2.19. The number of halogens is 1. The van der Waals surface area contributed by atoms with E-state index >= 15 is 0 Å². The molecule has 0 N–H and O–H groups in total. The topological polar surface area (TPSA) is 17.1 Å². The molecule has 1 aliphatic rings. The molecular formula is C20H27FO. The summed E-state index contributed by atoms with van der Waals surface area (Å²) in [5.74, 6) is 0. The first-order chi connectivity index (χ1) is 10.2. The number of carbonyl (C=O) groups excluding carboxylic acids is 1. The Labute approximate surface area is 134 Å². The normalized spacial score (nSPS) is 20.3. The molecule has 1 rings (SSSR count). The number of carbonyl (C=O) groups is 1. The van der Waals surface area contributed by atoms with Crippen LogP contribution in [0.2, 0.25) is 0 Å². The maximum Gasteiger partial charge on any atom is 0.325 e. The Hall–Kier alpha value is -1.70. The molecule has 0 aromatic heterocycles. The minimum absolute atomic E-state index is 0.246. The van der Waals surface area contributed by atoms with E-state index in [-0.39, 0.29) is 5.41 Å². The Morgan fingerprint density at radius 1 is 1.18 bits per heavy atom. The second kappa shape index (κ2) is 8.07. The standard InChI is InChI=1S/C20H27FO/c1-15(8-6-9-16(2)14-19(21)22)11-12-18-17(3)10-7-13-20(18,4)5/h6,8-9,11-12,14H,7,10,13H2,1-5H3/b9-6+,12-11+,15-8-,16-14+. The summed E-state index contributed by atoms with van der Waals surface area (Å²) < 4.78 is 12.2. The summed E-state index contributed by atoms with van der Waals surface area (Å²) in [6.07, 6.45) is 14.5. The Balaban J connectivity index is 2.79. The van der Waals surface area contributed by atoms with Gasteiger partial charge in [0.05, 0.1) is 0 Å². The number of hydrogen-bond acceptors (Lipinski definition) is 1. The molecule has 0 aliphatic heterocycles. The van der Waals surface area contributed by atoms with Crippen molar-refractivity contribution in [1.82, 2.24) is 0 Å². The Morgan fingerprint density at radius 2 is 1.86 bits per heavy atom. The molecule has 2 heteroatoms. The molecule has 0 unspecified atom stereocenters. The molecule has 0 radical (unpaired) electrons. The zero-order chi connectivity index (χ0) is 16.8. The third-order valence-corrected chi connectivity index (χ3v) is 4.11. The van der Waals surface area contributed by atoms with Crippen LogP contribution in [0, 0.1) is 5.41 Å². The predicted octanol–water partition coefficient (Wildman–Crippen LogP) is 6.01. The highest BCUT2D eigenvalue weighted by Gasteiger charge is 2.26. The van der Waals surface area contributed by atoms with Gasteiger partial charge >= 0.3 is 6.04 Å². The molecule has 0 amide bonds. The van der Waals surface area contributed by atoms with Crippen molar-refractivity contribution in [3.8, 4) is 0 Å². The molecule has 120 valence electrons. The highest BCUT2D eigenvalue weighted by atomic mass is 19.1. The van der Waals surface area contributed by atoms with E-state index in [9.17, 15) is 9.18 Å². The Morgan fingerprint density at radius 3 is 2.45 bits per heavy atom. The van der Waals surface area contributed by atoms with Crippen molar-refractivity contribution < 1.29 is 9.18 Å². The summed E-state index contributed by atoms with van der Waals surface area (Å²) in [5, 5.41) is 0. The molecule has 0 aromatic rings. The first-order valence-electron chi connectivity index (χ1n) is 7.83. The van der Waals surface area contributed by atoms with Crippen molar-refractivity contribution in [3.05, 3.63) is 58.7 Å². The maximum atomic E-state index is 12.2. The van der Waals surface area contributed by atoms with Crippen LogP contribution in [-0.2, 0) is 4.79 Å². The van der Waals surface area contributed by atoms with Crippen LogP contribution < -0.4 is 0 Å². The van der Waals surface area contributed by atoms with E-state index < -0.39 is 6.04 Å². The summed E-state index contributed by atoms with van der Waals surface area (Å²) in [4.78, 5) is 10.3. The molecular weight excluding hydrogens is 275 g/mol. The summed E-state index contributed by atoms with van der Waals surface area (Å²) in [6.45, 7) is 10.6. The van der Waals surface area contributed by atoms with E-state index in [0.717, 1.165) is 11.6 Å². The van der Waals surface area contributed by atoms with Crippen LogP contribution in [0.25, 0.3) is 0 Å². The third kappa shape index (κ3) is 5.97. The minimum Gasteiger partial charge on any atom is -0.256 e. The molecule has 0 aromatic carbocycles. The van der Waals surface area contributed by atoms with Gasteiger partial charge in [-0.25, -0.2) is 0 Å². The van der Waals surface area contributed by atoms with Gasteiger partial charge in [-0.1, -0.05) is 55.4 Å². The van der Waals surface area contributed by atoms with Crippen molar-refractivity contribution in [2.45, 2.75) is 53.9 Å². The van der Waals surface area contributed by atoms with E-state index in [4.69, 9.17) is 0 Å². The zero-order valence-corrected chi connectivity index (χ0v) is 14.4. The van der Waals surface area contributed by atoms with Gasteiger partial charge in [0.1, 0.15) is 0 Å². The number of hydrogen-bond donors (Lipinski definition) is 0. The summed E-state index contributed by atoms with van der Waals surface area (Å²) >= 11 is 0. The van der Waals surface area contributed by atoms with Gasteiger partial charge in [-0.3, -0.25) is 4.79 Å². The van der Waals surface area contributed by atoms with Gasteiger partial charge in [0, 0.05) is 6.08 Å². The molecule has 0 bridgehead atoms. The fourth-order valence-corrected chi connectivity index (χ4v) is 2.86. The summed E-state index contributed by atoms with van der Waals surface area (Å²) in [7, 11) is 0. The predicted molar refractivity (Wildman–Crippen MR) is 92.2 cm³/mol. The van der Waals surface area contributed by atoms with E-state index in [1.165, 1.54) is 30.4 Å². The first kappa shape index (κ1) is 18.3. The average Bonchev–Trinajstić information content (AvgIpc) is 2.36. The van der Waals surface area contributed by atoms with Gasteiger partial charge in [-0.2, -0.15) is 4.39 Å². The van der Waals surface area contributed by atoms with Gasteiger partial charge in [-0.15, -0.1) is 0 Å². The van der Waals surface area contributed by atoms with E-state index in [0.29, 0.717) is 5.57 Å². The molecule has 22 heavy (non-hydrogen) atoms. The fourth-order valence-electron chi connectivity index (χ4n) is 2.86. The molecule has 0 saturated heterocycles. The second-order valence-corrected chi connectivity index (χ2v) is 6.73. The lowest BCUT2D eigenvalue weighted by atomic mass is 9.72. The van der Waals surface area contributed by atoms with Crippen molar-refractivity contribution in [2.75, 3.05) is 0 Å². The molecule has 0 fully saturated rings. The van der Waals surface area contributed by atoms with Crippen LogP contribution in [0.15, 0.2) is 58.7 Å². The molecule has 0 saturated carbocycles. The van der Waals surface area contributed by atoms with Crippen LogP contribution in [0.3, 0.4) is 0 Å². The van der Waals surface area contributed by atoms with Crippen LogP contribution in [0.5, 0.6) is 0 Å². The van der Waals surface area contributed by atoms with E-state index in [1.807, 2.05) is 19.1 Å². The summed E-state index contributed by atoms with van der Waals surface area (Å²) in [5.41, 5.74) is 4.89. The zero-order valence-electron chi connectivity index (χ0n) is 14.4. The van der Waals surface area contributed by atoms with Crippen LogP contribution >= 0.6 is 0 Å². The van der Waals surface area contributed by atoms with Crippen molar-refractivity contribution >= 4 is 6.04 Å². The number of allylic oxidation sites excluding steroid dienone is 10. The minimum atomic E-state index is -1.41. The number of rotatable bonds is 5. The second-order valence-electron chi connectivity index (χ2n) is 6.73. The van der Waals surface area contributed by atoms with E-state index in [2.05, 4.69) is 32.9 Å². The Bertz CT molecular complexity index is 569. The van der Waals surface area contributed by atoms with E-state index in [1.54, 1.807) is 13.0 Å². The lowest BCUT2D eigenvalue weighted by molar-refractivity contribution is -0.124. The van der Waals surface area contributed by atoms with Crippen molar-refractivity contribution in [3.63, 3.8) is 0 Å². The monoisotopic (exact) mass is 302 g/mol. The third-order valence-electron chi connectivity index (χ3n) is 4.11. The largest absolute Gasteiger partial charge is 0.325 e. The molecule has 1 aliphatic carbocycles. The van der Waals surface area contributed by atoms with Crippen LogP contribution in [-0.4, -0.2) is 6.04 Å².